The summed E-state index contributed by atoms with van der Waals surface area (Å²) in [5.74, 6) is -0.753. The molecule has 0 amide bonds. The van der Waals surface area contributed by atoms with E-state index in [-0.39, 0.29) is 11.7 Å². The summed E-state index contributed by atoms with van der Waals surface area (Å²) in [6.07, 6.45) is 1.12. The van der Waals surface area contributed by atoms with E-state index in [1.165, 1.54) is 11.8 Å². The molecule has 1 aromatic rings. The van der Waals surface area contributed by atoms with Gasteiger partial charge in [0, 0.05) is 10.6 Å². The molecule has 0 saturated carbocycles. The number of carboxylic acid groups (broad SMARTS) is 1. The van der Waals surface area contributed by atoms with Crippen molar-refractivity contribution >= 4 is 29.1 Å². The van der Waals surface area contributed by atoms with Crippen LogP contribution >= 0.6 is 23.1 Å². The van der Waals surface area contributed by atoms with Gasteiger partial charge in [-0.25, -0.2) is 4.98 Å². The number of thioether (sulfide) groups is 1. The Morgan fingerprint density at radius 3 is 3.00 bits per heavy atom. The highest BCUT2D eigenvalue weighted by molar-refractivity contribution is 8.01. The topological polar surface area (TPSA) is 50.2 Å². The Labute approximate surface area is 91.6 Å². The minimum Gasteiger partial charge on any atom is -0.481 e. The van der Waals surface area contributed by atoms with Crippen LogP contribution in [0.4, 0.5) is 0 Å². The average Bonchev–Trinajstić information content (AvgIpc) is 2.50. The van der Waals surface area contributed by atoms with E-state index >= 15 is 0 Å². The Morgan fingerprint density at radius 2 is 2.50 bits per heavy atom. The first kappa shape index (κ1) is 11.5. The van der Waals surface area contributed by atoms with E-state index in [4.69, 9.17) is 5.11 Å². The van der Waals surface area contributed by atoms with E-state index in [2.05, 4.69) is 11.9 Å². The van der Waals surface area contributed by atoms with Crippen molar-refractivity contribution in [1.29, 1.82) is 0 Å². The van der Waals surface area contributed by atoms with Gasteiger partial charge >= 0.3 is 5.97 Å². The number of carbonyl (C=O) groups is 1. The summed E-state index contributed by atoms with van der Waals surface area (Å²) in [5.41, 5.74) is 1.08. The highest BCUT2D eigenvalue weighted by Gasteiger charge is 2.11. The standard InChI is InChI=1S/C9H13NO2S2/c1-3-7-5-13-9(10-7)14-6(2)4-8(11)12/h5-6H,3-4H2,1-2H3,(H,11,12). The molecular weight excluding hydrogens is 218 g/mol. The summed E-state index contributed by atoms with van der Waals surface area (Å²) < 4.78 is 0.968. The van der Waals surface area contributed by atoms with Gasteiger partial charge in [-0.1, -0.05) is 25.6 Å². The molecule has 0 fully saturated rings. The summed E-state index contributed by atoms with van der Waals surface area (Å²) in [6, 6.07) is 0. The number of nitrogens with zero attached hydrogens (tertiary/aromatic N) is 1. The van der Waals surface area contributed by atoms with Crippen LogP contribution < -0.4 is 0 Å². The van der Waals surface area contributed by atoms with Crippen LogP contribution in [0.3, 0.4) is 0 Å². The van der Waals surface area contributed by atoms with Crippen LogP contribution in [0.15, 0.2) is 9.72 Å². The molecule has 78 valence electrons. The van der Waals surface area contributed by atoms with Gasteiger partial charge in [0.05, 0.1) is 12.1 Å². The lowest BCUT2D eigenvalue weighted by Gasteiger charge is -2.04. The van der Waals surface area contributed by atoms with Crippen LogP contribution in [-0.2, 0) is 11.2 Å². The van der Waals surface area contributed by atoms with Gasteiger partial charge in [0.2, 0.25) is 0 Å². The quantitative estimate of drug-likeness (QED) is 0.791. The number of hydrogen-bond donors (Lipinski definition) is 1. The lowest BCUT2D eigenvalue weighted by Crippen LogP contribution is -2.05. The lowest BCUT2D eigenvalue weighted by atomic mass is 10.3. The van der Waals surface area contributed by atoms with Crippen LogP contribution in [0.25, 0.3) is 0 Å². The minimum absolute atomic E-state index is 0.0864. The van der Waals surface area contributed by atoms with Gasteiger partial charge in [0.15, 0.2) is 0 Å². The van der Waals surface area contributed by atoms with Gasteiger partial charge in [0.1, 0.15) is 4.34 Å². The number of aryl methyl sites for hydroxylation is 1. The molecule has 0 bridgehead atoms. The molecule has 1 rings (SSSR count). The highest BCUT2D eigenvalue weighted by Crippen LogP contribution is 2.28. The van der Waals surface area contributed by atoms with Crippen LogP contribution in [0.2, 0.25) is 0 Å². The maximum absolute atomic E-state index is 10.4. The first-order valence-electron chi connectivity index (χ1n) is 4.44. The molecule has 0 spiro atoms. The van der Waals surface area contributed by atoms with E-state index in [0.717, 1.165) is 16.5 Å². The van der Waals surface area contributed by atoms with Crippen molar-refractivity contribution in [3.63, 3.8) is 0 Å². The molecule has 5 heteroatoms. The number of hydrogen-bond acceptors (Lipinski definition) is 4. The third-order valence-electron chi connectivity index (χ3n) is 1.66. The Morgan fingerprint density at radius 1 is 1.79 bits per heavy atom. The normalized spacial score (nSPS) is 12.7. The van der Waals surface area contributed by atoms with Crippen LogP contribution in [-0.4, -0.2) is 21.3 Å². The van der Waals surface area contributed by atoms with Crippen molar-refractivity contribution < 1.29 is 9.90 Å². The van der Waals surface area contributed by atoms with Crippen LogP contribution in [0.1, 0.15) is 26.0 Å². The second-order valence-electron chi connectivity index (χ2n) is 2.98. The number of aromatic nitrogens is 1. The zero-order valence-corrected chi connectivity index (χ0v) is 9.82. The molecule has 1 heterocycles. The summed E-state index contributed by atoms with van der Waals surface area (Å²) in [7, 11) is 0. The molecule has 0 radical (unpaired) electrons. The van der Waals surface area contributed by atoms with Crippen molar-refractivity contribution in [3.8, 4) is 0 Å². The first-order valence-corrected chi connectivity index (χ1v) is 6.20. The molecule has 0 aliphatic carbocycles. The summed E-state index contributed by atoms with van der Waals surface area (Å²) >= 11 is 3.12. The van der Waals surface area contributed by atoms with Gasteiger partial charge in [0.25, 0.3) is 0 Å². The van der Waals surface area contributed by atoms with Crippen molar-refractivity contribution in [2.24, 2.45) is 0 Å². The fraction of sp³-hybridized carbons (Fsp3) is 0.556. The van der Waals surface area contributed by atoms with Crippen LogP contribution in [0.5, 0.6) is 0 Å². The third-order valence-corrected chi connectivity index (χ3v) is 3.78. The average molecular weight is 231 g/mol. The summed E-state index contributed by atoms with van der Waals surface area (Å²) in [6.45, 7) is 3.97. The first-order chi connectivity index (χ1) is 6.61. The van der Waals surface area contributed by atoms with E-state index in [0.29, 0.717) is 0 Å². The zero-order chi connectivity index (χ0) is 10.6. The second-order valence-corrected chi connectivity index (χ2v) is 5.53. The van der Waals surface area contributed by atoms with Crippen molar-refractivity contribution in [2.75, 3.05) is 0 Å². The Balaban J connectivity index is 2.47. The summed E-state index contributed by atoms with van der Waals surface area (Å²) in [4.78, 5) is 14.8. The maximum atomic E-state index is 10.4. The monoisotopic (exact) mass is 231 g/mol. The van der Waals surface area contributed by atoms with Gasteiger partial charge in [-0.3, -0.25) is 4.79 Å². The number of aliphatic carboxylic acids is 1. The second kappa shape index (κ2) is 5.36. The molecule has 1 unspecified atom stereocenters. The smallest absolute Gasteiger partial charge is 0.304 e. The lowest BCUT2D eigenvalue weighted by molar-refractivity contribution is -0.136. The van der Waals surface area contributed by atoms with E-state index < -0.39 is 5.97 Å². The molecule has 1 atom stereocenters. The predicted octanol–water partition coefficient (Wildman–Crippen LogP) is 2.66. The van der Waals surface area contributed by atoms with E-state index in [1.807, 2.05) is 12.3 Å². The third kappa shape index (κ3) is 3.67. The fourth-order valence-electron chi connectivity index (χ4n) is 0.965. The van der Waals surface area contributed by atoms with Crippen molar-refractivity contribution in [1.82, 2.24) is 4.98 Å². The van der Waals surface area contributed by atoms with Gasteiger partial charge < -0.3 is 5.11 Å². The molecule has 1 N–H and O–H groups in total. The van der Waals surface area contributed by atoms with Gasteiger partial charge in [-0.15, -0.1) is 11.3 Å². The molecule has 0 aromatic carbocycles. The summed E-state index contributed by atoms with van der Waals surface area (Å²) in [5, 5.41) is 10.7. The number of carboxylic acids is 1. The van der Waals surface area contributed by atoms with Gasteiger partial charge in [-0.2, -0.15) is 0 Å². The number of thiazole rings is 1. The Hall–Kier alpha value is -0.550. The Bertz CT molecular complexity index is 312. The van der Waals surface area contributed by atoms with E-state index in [9.17, 15) is 4.79 Å². The molecular formula is C9H13NO2S2. The van der Waals surface area contributed by atoms with E-state index in [1.54, 1.807) is 11.3 Å². The fourth-order valence-corrected chi connectivity index (χ4v) is 3.19. The number of rotatable bonds is 5. The highest BCUT2D eigenvalue weighted by atomic mass is 32.2. The SMILES string of the molecule is CCc1csc(SC(C)CC(=O)O)n1. The Kier molecular flexibility index (Phi) is 4.41. The molecule has 0 aliphatic rings. The molecule has 1 aromatic heterocycles. The molecule has 14 heavy (non-hydrogen) atoms. The molecule has 0 saturated heterocycles. The minimum atomic E-state index is -0.753. The van der Waals surface area contributed by atoms with Crippen molar-refractivity contribution in [3.05, 3.63) is 11.1 Å². The molecule has 0 aliphatic heterocycles. The largest absolute Gasteiger partial charge is 0.481 e. The maximum Gasteiger partial charge on any atom is 0.304 e. The van der Waals surface area contributed by atoms with Crippen LogP contribution in [0, 0.1) is 0 Å². The predicted molar refractivity (Wildman–Crippen MR) is 59.1 cm³/mol. The van der Waals surface area contributed by atoms with Gasteiger partial charge in [-0.05, 0) is 6.42 Å². The van der Waals surface area contributed by atoms with Crippen molar-refractivity contribution in [2.45, 2.75) is 36.3 Å². The molecule has 3 nitrogen and oxygen atoms in total. The zero-order valence-electron chi connectivity index (χ0n) is 8.19.